The summed E-state index contributed by atoms with van der Waals surface area (Å²) in [6.07, 6.45) is 1.43. The minimum Gasteiger partial charge on any atom is -0.339 e. The first kappa shape index (κ1) is 12.5. The molecule has 0 spiro atoms. The SMILES string of the molecule is CCn1c(=O)c2[nH]cnc2n(CC)c1=O.Cl. The van der Waals surface area contributed by atoms with Crippen molar-refractivity contribution in [2.75, 3.05) is 0 Å². The van der Waals surface area contributed by atoms with Crippen LogP contribution in [-0.2, 0) is 13.1 Å². The molecule has 0 aliphatic rings. The van der Waals surface area contributed by atoms with E-state index in [4.69, 9.17) is 0 Å². The van der Waals surface area contributed by atoms with Gasteiger partial charge in [0, 0.05) is 13.1 Å². The average molecular weight is 245 g/mol. The van der Waals surface area contributed by atoms with E-state index in [1.807, 2.05) is 6.92 Å². The Hall–Kier alpha value is -1.56. The monoisotopic (exact) mass is 244 g/mol. The molecule has 0 aliphatic heterocycles. The maximum atomic E-state index is 11.8. The van der Waals surface area contributed by atoms with Crippen molar-refractivity contribution < 1.29 is 0 Å². The van der Waals surface area contributed by atoms with Gasteiger partial charge >= 0.3 is 5.69 Å². The Balaban J connectivity index is 0.00000128. The van der Waals surface area contributed by atoms with Crippen LogP contribution >= 0.6 is 12.4 Å². The minimum absolute atomic E-state index is 0. The van der Waals surface area contributed by atoms with Gasteiger partial charge in [-0.3, -0.25) is 13.9 Å². The molecule has 7 heteroatoms. The predicted molar refractivity (Wildman–Crippen MR) is 63.2 cm³/mol. The van der Waals surface area contributed by atoms with Crippen LogP contribution in [0.3, 0.4) is 0 Å². The maximum absolute atomic E-state index is 11.8. The van der Waals surface area contributed by atoms with Crippen LogP contribution in [0.1, 0.15) is 13.8 Å². The molecule has 0 unspecified atom stereocenters. The van der Waals surface area contributed by atoms with E-state index in [1.165, 1.54) is 15.5 Å². The van der Waals surface area contributed by atoms with E-state index < -0.39 is 0 Å². The van der Waals surface area contributed by atoms with Gasteiger partial charge in [0.05, 0.1) is 6.33 Å². The number of hydrogen-bond acceptors (Lipinski definition) is 3. The normalized spacial score (nSPS) is 10.4. The van der Waals surface area contributed by atoms with E-state index in [0.29, 0.717) is 24.3 Å². The Morgan fingerprint density at radius 2 is 1.88 bits per heavy atom. The highest BCUT2D eigenvalue weighted by atomic mass is 35.5. The number of aryl methyl sites for hydroxylation is 1. The second-order valence-corrected chi connectivity index (χ2v) is 3.18. The zero-order valence-electron chi connectivity index (χ0n) is 9.06. The van der Waals surface area contributed by atoms with Crippen molar-refractivity contribution in [3.63, 3.8) is 0 Å². The summed E-state index contributed by atoms with van der Waals surface area (Å²) in [5.74, 6) is 0. The molecule has 88 valence electrons. The quantitative estimate of drug-likeness (QED) is 0.829. The van der Waals surface area contributed by atoms with Crippen LogP contribution in [0.15, 0.2) is 15.9 Å². The standard InChI is InChI=1S/C9H12N4O2.ClH/c1-3-12-7-6(10-5-11-7)8(14)13(4-2)9(12)15;/h5H,3-4H2,1-2H3,(H,10,11);1H. The molecule has 2 aromatic rings. The second kappa shape index (κ2) is 4.52. The van der Waals surface area contributed by atoms with E-state index in [0.717, 1.165) is 0 Å². The number of aromatic nitrogens is 4. The van der Waals surface area contributed by atoms with Crippen LogP contribution in [0.5, 0.6) is 0 Å². The van der Waals surface area contributed by atoms with Gasteiger partial charge in [-0.05, 0) is 13.8 Å². The summed E-state index contributed by atoms with van der Waals surface area (Å²) in [5.41, 5.74) is 0.208. The largest absolute Gasteiger partial charge is 0.339 e. The average Bonchev–Trinajstić information content (AvgIpc) is 2.68. The van der Waals surface area contributed by atoms with Crippen LogP contribution in [0.2, 0.25) is 0 Å². The molecule has 0 aromatic carbocycles. The number of halogens is 1. The minimum atomic E-state index is -0.306. The topological polar surface area (TPSA) is 72.7 Å². The lowest BCUT2D eigenvalue weighted by Gasteiger charge is -2.06. The number of nitrogens with one attached hydrogen (secondary N) is 1. The van der Waals surface area contributed by atoms with Crippen LogP contribution in [0.4, 0.5) is 0 Å². The lowest BCUT2D eigenvalue weighted by molar-refractivity contribution is 0.605. The van der Waals surface area contributed by atoms with E-state index in [2.05, 4.69) is 9.97 Å². The number of nitrogens with zero attached hydrogens (tertiary/aromatic N) is 3. The molecule has 0 saturated heterocycles. The van der Waals surface area contributed by atoms with Gasteiger partial charge in [-0.15, -0.1) is 12.4 Å². The van der Waals surface area contributed by atoms with Crippen molar-refractivity contribution >= 4 is 23.6 Å². The number of imidazole rings is 1. The number of H-pyrrole nitrogens is 1. The molecule has 1 N–H and O–H groups in total. The van der Waals surface area contributed by atoms with Crippen molar-refractivity contribution in [1.29, 1.82) is 0 Å². The van der Waals surface area contributed by atoms with Crippen LogP contribution in [0, 0.1) is 0 Å². The first-order chi connectivity index (χ1) is 7.20. The molecular formula is C9H13ClN4O2. The zero-order valence-corrected chi connectivity index (χ0v) is 9.87. The molecular weight excluding hydrogens is 232 g/mol. The summed E-state index contributed by atoms with van der Waals surface area (Å²) in [6, 6.07) is 0. The Morgan fingerprint density at radius 3 is 2.44 bits per heavy atom. The van der Waals surface area contributed by atoms with Gasteiger partial charge in [-0.25, -0.2) is 9.78 Å². The molecule has 0 amide bonds. The number of rotatable bonds is 2. The van der Waals surface area contributed by atoms with Crippen LogP contribution < -0.4 is 11.2 Å². The zero-order chi connectivity index (χ0) is 11.0. The highest BCUT2D eigenvalue weighted by Gasteiger charge is 2.12. The third-order valence-corrected chi connectivity index (χ3v) is 2.43. The Labute approximate surface area is 97.3 Å². The van der Waals surface area contributed by atoms with Gasteiger partial charge in [-0.1, -0.05) is 0 Å². The fraction of sp³-hybridized carbons (Fsp3) is 0.444. The molecule has 16 heavy (non-hydrogen) atoms. The molecule has 2 rings (SSSR count). The van der Waals surface area contributed by atoms with Gasteiger partial charge in [0.15, 0.2) is 5.65 Å². The molecule has 0 aliphatic carbocycles. The summed E-state index contributed by atoms with van der Waals surface area (Å²) in [4.78, 5) is 30.4. The van der Waals surface area contributed by atoms with Crippen molar-refractivity contribution in [2.45, 2.75) is 26.9 Å². The molecule has 0 saturated carbocycles. The summed E-state index contributed by atoms with van der Waals surface area (Å²) < 4.78 is 2.68. The van der Waals surface area contributed by atoms with Crippen LogP contribution in [-0.4, -0.2) is 19.1 Å². The Bertz CT molecular complexity index is 610. The highest BCUT2D eigenvalue weighted by Crippen LogP contribution is 2.00. The first-order valence-corrected chi connectivity index (χ1v) is 4.87. The predicted octanol–water partition coefficient (Wildman–Crippen LogP) is 0.348. The highest BCUT2D eigenvalue weighted by molar-refractivity contribution is 5.85. The van der Waals surface area contributed by atoms with Gasteiger partial charge < -0.3 is 4.98 Å². The summed E-state index contributed by atoms with van der Waals surface area (Å²) in [5, 5.41) is 0. The smallest absolute Gasteiger partial charge is 0.332 e. The van der Waals surface area contributed by atoms with Gasteiger partial charge in [-0.2, -0.15) is 0 Å². The van der Waals surface area contributed by atoms with E-state index >= 15 is 0 Å². The fourth-order valence-electron chi connectivity index (χ4n) is 1.67. The van der Waals surface area contributed by atoms with E-state index in [-0.39, 0.29) is 23.7 Å². The van der Waals surface area contributed by atoms with Gasteiger partial charge in [0.25, 0.3) is 5.56 Å². The molecule has 0 atom stereocenters. The lowest BCUT2D eigenvalue weighted by Crippen LogP contribution is -2.39. The van der Waals surface area contributed by atoms with Crippen LogP contribution in [0.25, 0.3) is 11.2 Å². The number of hydrogen-bond donors (Lipinski definition) is 1. The lowest BCUT2D eigenvalue weighted by atomic mass is 10.5. The van der Waals surface area contributed by atoms with Crippen molar-refractivity contribution in [2.24, 2.45) is 0 Å². The molecule has 0 radical (unpaired) electrons. The second-order valence-electron chi connectivity index (χ2n) is 3.18. The summed E-state index contributed by atoms with van der Waals surface area (Å²) in [7, 11) is 0. The number of fused-ring (bicyclic) bond motifs is 1. The molecule has 2 heterocycles. The maximum Gasteiger partial charge on any atom is 0.332 e. The third kappa shape index (κ3) is 1.55. The van der Waals surface area contributed by atoms with Crippen molar-refractivity contribution in [1.82, 2.24) is 19.1 Å². The molecule has 2 aromatic heterocycles. The fourth-order valence-corrected chi connectivity index (χ4v) is 1.67. The molecule has 0 bridgehead atoms. The van der Waals surface area contributed by atoms with E-state index in [9.17, 15) is 9.59 Å². The Morgan fingerprint density at radius 1 is 1.25 bits per heavy atom. The van der Waals surface area contributed by atoms with Gasteiger partial charge in [0.1, 0.15) is 5.52 Å². The third-order valence-electron chi connectivity index (χ3n) is 2.43. The first-order valence-electron chi connectivity index (χ1n) is 4.87. The summed E-state index contributed by atoms with van der Waals surface area (Å²) >= 11 is 0. The summed E-state index contributed by atoms with van der Waals surface area (Å²) in [6.45, 7) is 4.48. The van der Waals surface area contributed by atoms with Crippen molar-refractivity contribution in [3.8, 4) is 0 Å². The number of aromatic amines is 1. The molecule has 6 nitrogen and oxygen atoms in total. The molecule has 0 fully saturated rings. The van der Waals surface area contributed by atoms with Gasteiger partial charge in [0.2, 0.25) is 0 Å². The van der Waals surface area contributed by atoms with E-state index in [1.54, 1.807) is 6.92 Å². The van der Waals surface area contributed by atoms with Crippen molar-refractivity contribution in [3.05, 3.63) is 27.2 Å². The Kier molecular flexibility index (Phi) is 3.54.